The van der Waals surface area contributed by atoms with E-state index in [-0.39, 0.29) is 0 Å². The summed E-state index contributed by atoms with van der Waals surface area (Å²) in [5.74, 6) is 0. The Morgan fingerprint density at radius 2 is 2.13 bits per heavy atom. The number of likely N-dealkylation sites (N-methyl/N-ethyl adjacent to an activating group) is 1. The Morgan fingerprint density at radius 1 is 1.40 bits per heavy atom. The van der Waals surface area contributed by atoms with Crippen molar-refractivity contribution in [3.05, 3.63) is 29.8 Å². The summed E-state index contributed by atoms with van der Waals surface area (Å²) in [5.41, 5.74) is 1.94. The van der Waals surface area contributed by atoms with Gasteiger partial charge in [-0.2, -0.15) is 5.26 Å². The van der Waals surface area contributed by atoms with Gasteiger partial charge in [0, 0.05) is 24.8 Å². The van der Waals surface area contributed by atoms with Gasteiger partial charge in [-0.25, -0.2) is 0 Å². The molecule has 1 saturated heterocycles. The molecule has 1 unspecified atom stereocenters. The zero-order valence-corrected chi connectivity index (χ0v) is 8.90. The molecule has 1 heterocycles. The standard InChI is InChI=1S/C12H15N3/c1-14-11-6-7-15(9-11)12-4-2-10(8-13)3-5-12/h2-5,11,14H,6-7,9H2,1H3. The summed E-state index contributed by atoms with van der Waals surface area (Å²) in [6, 6.07) is 10.5. The van der Waals surface area contributed by atoms with E-state index in [1.165, 1.54) is 12.1 Å². The van der Waals surface area contributed by atoms with Crippen molar-refractivity contribution in [2.75, 3.05) is 25.0 Å². The van der Waals surface area contributed by atoms with Crippen LogP contribution in [0.4, 0.5) is 5.69 Å². The molecule has 1 atom stereocenters. The largest absolute Gasteiger partial charge is 0.370 e. The van der Waals surface area contributed by atoms with E-state index in [1.54, 1.807) is 0 Å². The zero-order valence-electron chi connectivity index (χ0n) is 8.90. The smallest absolute Gasteiger partial charge is 0.0991 e. The molecule has 1 fully saturated rings. The predicted molar refractivity (Wildman–Crippen MR) is 60.8 cm³/mol. The molecule has 0 spiro atoms. The van der Waals surface area contributed by atoms with Crippen LogP contribution in [0.25, 0.3) is 0 Å². The van der Waals surface area contributed by atoms with E-state index in [2.05, 4.69) is 16.3 Å². The Labute approximate surface area is 90.3 Å². The summed E-state index contributed by atoms with van der Waals surface area (Å²) in [7, 11) is 2.01. The molecular formula is C12H15N3. The van der Waals surface area contributed by atoms with E-state index in [0.717, 1.165) is 18.7 Å². The van der Waals surface area contributed by atoms with E-state index in [1.807, 2.05) is 31.3 Å². The second-order valence-electron chi connectivity index (χ2n) is 3.88. The first kappa shape index (κ1) is 10.0. The molecule has 1 aliphatic heterocycles. The summed E-state index contributed by atoms with van der Waals surface area (Å²) < 4.78 is 0. The normalized spacial score (nSPS) is 20.3. The van der Waals surface area contributed by atoms with Crippen molar-refractivity contribution >= 4 is 5.69 Å². The second-order valence-corrected chi connectivity index (χ2v) is 3.88. The Bertz CT molecular complexity index is 363. The van der Waals surface area contributed by atoms with Gasteiger partial charge >= 0.3 is 0 Å². The molecular weight excluding hydrogens is 186 g/mol. The topological polar surface area (TPSA) is 39.1 Å². The van der Waals surface area contributed by atoms with Crippen LogP contribution in [0.3, 0.4) is 0 Å². The maximum atomic E-state index is 8.70. The highest BCUT2D eigenvalue weighted by molar-refractivity contribution is 5.50. The molecule has 0 aromatic heterocycles. The Morgan fingerprint density at radius 3 is 2.67 bits per heavy atom. The molecule has 1 aromatic carbocycles. The SMILES string of the molecule is CNC1CCN(c2ccc(C#N)cc2)C1. The molecule has 0 saturated carbocycles. The molecule has 0 aliphatic carbocycles. The van der Waals surface area contributed by atoms with Crippen molar-refractivity contribution in [1.29, 1.82) is 5.26 Å². The van der Waals surface area contributed by atoms with E-state index in [4.69, 9.17) is 5.26 Å². The fourth-order valence-corrected chi connectivity index (χ4v) is 1.98. The van der Waals surface area contributed by atoms with Gasteiger partial charge in [0.05, 0.1) is 11.6 Å². The minimum atomic E-state index is 0.598. The van der Waals surface area contributed by atoms with Gasteiger partial charge in [-0.15, -0.1) is 0 Å². The number of nitriles is 1. The van der Waals surface area contributed by atoms with Crippen LogP contribution < -0.4 is 10.2 Å². The molecule has 0 bridgehead atoms. The number of anilines is 1. The highest BCUT2D eigenvalue weighted by Gasteiger charge is 2.20. The average molecular weight is 201 g/mol. The van der Waals surface area contributed by atoms with Crippen LogP contribution >= 0.6 is 0 Å². The van der Waals surface area contributed by atoms with E-state index >= 15 is 0 Å². The van der Waals surface area contributed by atoms with Crippen molar-refractivity contribution in [2.24, 2.45) is 0 Å². The highest BCUT2D eigenvalue weighted by atomic mass is 15.2. The third kappa shape index (κ3) is 2.11. The first-order chi connectivity index (χ1) is 7.33. The predicted octanol–water partition coefficient (Wildman–Crippen LogP) is 1.36. The molecule has 78 valence electrons. The number of nitrogens with one attached hydrogen (secondary N) is 1. The van der Waals surface area contributed by atoms with Crippen LogP contribution in [0.1, 0.15) is 12.0 Å². The number of rotatable bonds is 2. The number of nitrogens with zero attached hydrogens (tertiary/aromatic N) is 2. The monoisotopic (exact) mass is 201 g/mol. The van der Waals surface area contributed by atoms with Crippen LogP contribution in [0, 0.1) is 11.3 Å². The Kier molecular flexibility index (Phi) is 2.89. The van der Waals surface area contributed by atoms with Gasteiger partial charge in [0.2, 0.25) is 0 Å². The van der Waals surface area contributed by atoms with Crippen molar-refractivity contribution < 1.29 is 0 Å². The van der Waals surface area contributed by atoms with Crippen LogP contribution in [-0.4, -0.2) is 26.2 Å². The van der Waals surface area contributed by atoms with Crippen LogP contribution in [0.15, 0.2) is 24.3 Å². The van der Waals surface area contributed by atoms with Crippen LogP contribution in [0.5, 0.6) is 0 Å². The number of hydrogen-bond acceptors (Lipinski definition) is 3. The van der Waals surface area contributed by atoms with E-state index in [9.17, 15) is 0 Å². The highest BCUT2D eigenvalue weighted by Crippen LogP contribution is 2.20. The molecule has 1 aromatic rings. The lowest BCUT2D eigenvalue weighted by Gasteiger charge is -2.18. The summed E-state index contributed by atoms with van der Waals surface area (Å²) in [6.07, 6.45) is 1.19. The van der Waals surface area contributed by atoms with Crippen LogP contribution in [0.2, 0.25) is 0 Å². The van der Waals surface area contributed by atoms with Gasteiger partial charge in [0.15, 0.2) is 0 Å². The van der Waals surface area contributed by atoms with Gasteiger partial charge in [0.1, 0.15) is 0 Å². The van der Waals surface area contributed by atoms with Gasteiger partial charge in [-0.05, 0) is 37.7 Å². The molecule has 1 N–H and O–H groups in total. The van der Waals surface area contributed by atoms with Crippen molar-refractivity contribution in [2.45, 2.75) is 12.5 Å². The van der Waals surface area contributed by atoms with Crippen molar-refractivity contribution in [3.63, 3.8) is 0 Å². The summed E-state index contributed by atoms with van der Waals surface area (Å²) in [5, 5.41) is 12.0. The second kappa shape index (κ2) is 4.33. The lowest BCUT2D eigenvalue weighted by molar-refractivity contribution is 0.617. The van der Waals surface area contributed by atoms with E-state index < -0.39 is 0 Å². The quantitative estimate of drug-likeness (QED) is 0.785. The minimum absolute atomic E-state index is 0.598. The number of benzene rings is 1. The molecule has 3 heteroatoms. The first-order valence-electron chi connectivity index (χ1n) is 5.26. The fourth-order valence-electron chi connectivity index (χ4n) is 1.98. The Balaban J connectivity index is 2.08. The lowest BCUT2D eigenvalue weighted by atomic mass is 10.2. The third-order valence-corrected chi connectivity index (χ3v) is 2.96. The third-order valence-electron chi connectivity index (χ3n) is 2.96. The van der Waals surface area contributed by atoms with Crippen LogP contribution in [-0.2, 0) is 0 Å². The summed E-state index contributed by atoms with van der Waals surface area (Å²) in [6.45, 7) is 2.15. The van der Waals surface area contributed by atoms with Gasteiger partial charge in [0.25, 0.3) is 0 Å². The maximum absolute atomic E-state index is 8.70. The van der Waals surface area contributed by atoms with E-state index in [0.29, 0.717) is 6.04 Å². The summed E-state index contributed by atoms with van der Waals surface area (Å²) >= 11 is 0. The molecule has 0 radical (unpaired) electrons. The maximum Gasteiger partial charge on any atom is 0.0991 e. The molecule has 1 aliphatic rings. The fraction of sp³-hybridized carbons (Fsp3) is 0.417. The van der Waals surface area contributed by atoms with Gasteiger partial charge in [-0.1, -0.05) is 0 Å². The van der Waals surface area contributed by atoms with Crippen molar-refractivity contribution in [3.8, 4) is 6.07 Å². The van der Waals surface area contributed by atoms with Gasteiger partial charge in [-0.3, -0.25) is 0 Å². The van der Waals surface area contributed by atoms with Crippen molar-refractivity contribution in [1.82, 2.24) is 5.32 Å². The molecule has 3 nitrogen and oxygen atoms in total. The zero-order chi connectivity index (χ0) is 10.7. The average Bonchev–Trinajstić information content (AvgIpc) is 2.78. The lowest BCUT2D eigenvalue weighted by Crippen LogP contribution is -2.29. The summed E-state index contributed by atoms with van der Waals surface area (Å²) in [4.78, 5) is 2.35. The Hall–Kier alpha value is -1.53. The minimum Gasteiger partial charge on any atom is -0.370 e. The molecule has 0 amide bonds. The molecule has 2 rings (SSSR count). The first-order valence-corrected chi connectivity index (χ1v) is 5.26. The van der Waals surface area contributed by atoms with Gasteiger partial charge < -0.3 is 10.2 Å². The number of hydrogen-bond donors (Lipinski definition) is 1. The molecule has 15 heavy (non-hydrogen) atoms.